The van der Waals surface area contributed by atoms with Gasteiger partial charge in [-0.25, -0.2) is 9.98 Å². The van der Waals surface area contributed by atoms with Crippen LogP contribution >= 0.6 is 24.0 Å². The van der Waals surface area contributed by atoms with Gasteiger partial charge in [0, 0.05) is 45.5 Å². The molecule has 29 heavy (non-hydrogen) atoms. The quantitative estimate of drug-likeness (QED) is 0.357. The SMILES string of the molecule is CCNC(=NCc1ccnc(N2CCN(C)CC2)c1)NCc1ccccc1C.I. The van der Waals surface area contributed by atoms with Gasteiger partial charge < -0.3 is 20.4 Å². The van der Waals surface area contributed by atoms with Gasteiger partial charge in [-0.05, 0) is 49.7 Å². The first-order valence-electron chi connectivity index (χ1n) is 10.1. The summed E-state index contributed by atoms with van der Waals surface area (Å²) in [6.45, 7) is 10.7. The topological polar surface area (TPSA) is 55.8 Å². The van der Waals surface area contributed by atoms with Crippen LogP contribution in [0.5, 0.6) is 0 Å². The lowest BCUT2D eigenvalue weighted by Gasteiger charge is -2.33. The summed E-state index contributed by atoms with van der Waals surface area (Å²) in [6.07, 6.45) is 1.90. The van der Waals surface area contributed by atoms with Crippen molar-refractivity contribution >= 4 is 35.8 Å². The fourth-order valence-electron chi connectivity index (χ4n) is 3.27. The molecule has 3 rings (SSSR count). The highest BCUT2D eigenvalue weighted by Crippen LogP contribution is 2.15. The second-order valence-corrected chi connectivity index (χ2v) is 7.29. The van der Waals surface area contributed by atoms with Crippen LogP contribution in [0.15, 0.2) is 47.6 Å². The molecule has 7 heteroatoms. The Morgan fingerprint density at radius 3 is 2.59 bits per heavy atom. The molecule has 0 unspecified atom stereocenters. The van der Waals surface area contributed by atoms with E-state index in [1.54, 1.807) is 0 Å². The molecule has 2 N–H and O–H groups in total. The smallest absolute Gasteiger partial charge is 0.191 e. The predicted octanol–water partition coefficient (Wildman–Crippen LogP) is 3.02. The predicted molar refractivity (Wildman–Crippen MR) is 132 cm³/mol. The minimum atomic E-state index is 0. The molecule has 2 aromatic rings. The molecule has 0 spiro atoms. The number of halogens is 1. The van der Waals surface area contributed by atoms with Crippen LogP contribution in [-0.4, -0.2) is 55.6 Å². The Kier molecular flexibility index (Phi) is 9.66. The van der Waals surface area contributed by atoms with Gasteiger partial charge in [0.25, 0.3) is 0 Å². The molecule has 1 aromatic heterocycles. The highest BCUT2D eigenvalue weighted by molar-refractivity contribution is 14.0. The van der Waals surface area contributed by atoms with E-state index in [2.05, 4.69) is 76.6 Å². The summed E-state index contributed by atoms with van der Waals surface area (Å²) in [5.41, 5.74) is 3.75. The van der Waals surface area contributed by atoms with Crippen LogP contribution in [0, 0.1) is 6.92 Å². The van der Waals surface area contributed by atoms with Crippen molar-refractivity contribution in [1.29, 1.82) is 0 Å². The molecular weight excluding hydrogens is 475 g/mol. The number of nitrogens with zero attached hydrogens (tertiary/aromatic N) is 4. The number of piperazine rings is 1. The van der Waals surface area contributed by atoms with Gasteiger partial charge in [0.2, 0.25) is 0 Å². The summed E-state index contributed by atoms with van der Waals surface area (Å²) in [5.74, 6) is 1.89. The lowest BCUT2D eigenvalue weighted by molar-refractivity contribution is 0.312. The molecule has 0 amide bonds. The number of hydrogen-bond donors (Lipinski definition) is 2. The number of hydrogen-bond acceptors (Lipinski definition) is 4. The number of nitrogens with one attached hydrogen (secondary N) is 2. The Morgan fingerprint density at radius 1 is 1.10 bits per heavy atom. The van der Waals surface area contributed by atoms with Crippen molar-refractivity contribution in [2.75, 3.05) is 44.7 Å². The third-order valence-electron chi connectivity index (χ3n) is 5.11. The standard InChI is InChI=1S/C22H32N6.HI/c1-4-23-22(26-17-20-8-6-5-7-18(20)2)25-16-19-9-10-24-21(15-19)28-13-11-27(3)12-14-28;/h5-10,15H,4,11-14,16-17H2,1-3H3,(H2,23,25,26);1H. The third-order valence-corrected chi connectivity index (χ3v) is 5.11. The van der Waals surface area contributed by atoms with Gasteiger partial charge in [0.15, 0.2) is 5.96 Å². The number of aryl methyl sites for hydroxylation is 1. The molecule has 1 aliphatic rings. The second kappa shape index (κ2) is 12.0. The van der Waals surface area contributed by atoms with Crippen LogP contribution in [0.3, 0.4) is 0 Å². The van der Waals surface area contributed by atoms with Crippen molar-refractivity contribution in [2.24, 2.45) is 4.99 Å². The lowest BCUT2D eigenvalue weighted by Crippen LogP contribution is -2.44. The first-order valence-corrected chi connectivity index (χ1v) is 10.1. The van der Waals surface area contributed by atoms with Gasteiger partial charge in [0.1, 0.15) is 5.82 Å². The van der Waals surface area contributed by atoms with Crippen molar-refractivity contribution in [1.82, 2.24) is 20.5 Å². The molecule has 0 bridgehead atoms. The van der Waals surface area contributed by atoms with E-state index in [1.807, 2.05) is 12.3 Å². The van der Waals surface area contributed by atoms with E-state index >= 15 is 0 Å². The molecule has 0 radical (unpaired) electrons. The fraction of sp³-hybridized carbons (Fsp3) is 0.455. The molecule has 2 heterocycles. The lowest BCUT2D eigenvalue weighted by atomic mass is 10.1. The highest BCUT2D eigenvalue weighted by Gasteiger charge is 2.15. The molecule has 1 fully saturated rings. The average Bonchev–Trinajstić information content (AvgIpc) is 2.72. The molecule has 0 saturated carbocycles. The first-order chi connectivity index (χ1) is 13.7. The summed E-state index contributed by atoms with van der Waals surface area (Å²) in [5, 5.41) is 6.77. The number of rotatable bonds is 6. The Bertz CT molecular complexity index is 786. The minimum absolute atomic E-state index is 0. The molecule has 1 saturated heterocycles. The van der Waals surface area contributed by atoms with Crippen molar-refractivity contribution in [2.45, 2.75) is 26.9 Å². The number of aliphatic imine (C=N–C) groups is 1. The number of pyridine rings is 1. The van der Waals surface area contributed by atoms with E-state index in [9.17, 15) is 0 Å². The fourth-order valence-corrected chi connectivity index (χ4v) is 3.27. The number of aromatic nitrogens is 1. The van der Waals surface area contributed by atoms with E-state index < -0.39 is 0 Å². The maximum absolute atomic E-state index is 4.77. The summed E-state index contributed by atoms with van der Waals surface area (Å²) < 4.78 is 0. The van der Waals surface area contributed by atoms with Crippen molar-refractivity contribution in [3.63, 3.8) is 0 Å². The molecule has 1 aliphatic heterocycles. The van der Waals surface area contributed by atoms with E-state index in [4.69, 9.17) is 4.99 Å². The average molecular weight is 508 g/mol. The molecule has 6 nitrogen and oxygen atoms in total. The number of anilines is 1. The summed E-state index contributed by atoms with van der Waals surface area (Å²) >= 11 is 0. The van der Waals surface area contributed by atoms with Crippen LogP contribution in [0.25, 0.3) is 0 Å². The van der Waals surface area contributed by atoms with Crippen molar-refractivity contribution < 1.29 is 0 Å². The maximum Gasteiger partial charge on any atom is 0.191 e. The summed E-state index contributed by atoms with van der Waals surface area (Å²) in [6, 6.07) is 12.6. The van der Waals surface area contributed by atoms with Gasteiger partial charge >= 0.3 is 0 Å². The molecule has 0 aliphatic carbocycles. The second-order valence-electron chi connectivity index (χ2n) is 7.29. The van der Waals surface area contributed by atoms with Gasteiger partial charge in [0.05, 0.1) is 6.54 Å². The zero-order chi connectivity index (χ0) is 19.8. The normalized spacial score (nSPS) is 15.0. The van der Waals surface area contributed by atoms with Crippen LogP contribution in [0.2, 0.25) is 0 Å². The maximum atomic E-state index is 4.77. The van der Waals surface area contributed by atoms with Gasteiger partial charge in [-0.1, -0.05) is 24.3 Å². The van der Waals surface area contributed by atoms with E-state index in [0.29, 0.717) is 6.54 Å². The number of guanidine groups is 1. The van der Waals surface area contributed by atoms with Gasteiger partial charge in [-0.2, -0.15) is 0 Å². The third kappa shape index (κ3) is 7.15. The van der Waals surface area contributed by atoms with Gasteiger partial charge in [-0.3, -0.25) is 0 Å². The minimum Gasteiger partial charge on any atom is -0.357 e. The van der Waals surface area contributed by atoms with E-state index in [1.165, 1.54) is 16.7 Å². The van der Waals surface area contributed by atoms with Crippen LogP contribution in [0.1, 0.15) is 23.6 Å². The van der Waals surface area contributed by atoms with Crippen molar-refractivity contribution in [3.05, 3.63) is 59.3 Å². The summed E-state index contributed by atoms with van der Waals surface area (Å²) in [4.78, 5) is 14.0. The van der Waals surface area contributed by atoms with Crippen LogP contribution in [-0.2, 0) is 13.1 Å². The molecule has 1 aromatic carbocycles. The van der Waals surface area contributed by atoms with Crippen LogP contribution < -0.4 is 15.5 Å². The number of likely N-dealkylation sites (N-methyl/N-ethyl adjacent to an activating group) is 1. The number of benzene rings is 1. The summed E-state index contributed by atoms with van der Waals surface area (Å²) in [7, 11) is 2.17. The largest absolute Gasteiger partial charge is 0.357 e. The Labute approximate surface area is 191 Å². The molecule has 158 valence electrons. The zero-order valence-corrected chi connectivity index (χ0v) is 20.0. The monoisotopic (exact) mass is 508 g/mol. The van der Waals surface area contributed by atoms with E-state index in [-0.39, 0.29) is 24.0 Å². The molecular formula is C22H33IN6. The Balaban J connectivity index is 0.00000300. The van der Waals surface area contributed by atoms with Gasteiger partial charge in [-0.15, -0.1) is 24.0 Å². The molecule has 0 atom stereocenters. The van der Waals surface area contributed by atoms with E-state index in [0.717, 1.165) is 51.0 Å². The highest BCUT2D eigenvalue weighted by atomic mass is 127. The van der Waals surface area contributed by atoms with Crippen molar-refractivity contribution in [3.8, 4) is 0 Å². The first kappa shape index (κ1) is 23.4. The Morgan fingerprint density at radius 2 is 1.86 bits per heavy atom. The van der Waals surface area contributed by atoms with Crippen LogP contribution in [0.4, 0.5) is 5.82 Å². The zero-order valence-electron chi connectivity index (χ0n) is 17.7. The Hall–Kier alpha value is -1.87.